The van der Waals surface area contributed by atoms with Crippen molar-refractivity contribution in [3.8, 4) is 5.75 Å². The molecule has 1 aromatic rings. The van der Waals surface area contributed by atoms with Crippen LogP contribution in [-0.4, -0.2) is 21.9 Å². The average Bonchev–Trinajstić information content (AvgIpc) is 2.25. The van der Waals surface area contributed by atoms with Crippen LogP contribution in [0, 0.1) is 0 Å². The summed E-state index contributed by atoms with van der Waals surface area (Å²) in [6.07, 6.45) is -0.840. The number of rotatable bonds is 5. The van der Waals surface area contributed by atoms with E-state index in [-0.39, 0.29) is 15.7 Å². The molecule has 0 atom stereocenters. The molecule has 102 valence electrons. The van der Waals surface area contributed by atoms with Crippen molar-refractivity contribution in [3.63, 3.8) is 0 Å². The largest absolute Gasteiger partial charge is 0.495 e. The molecule has 0 aliphatic carbocycles. The Bertz CT molecular complexity index is 582. The molecule has 0 heterocycles. The van der Waals surface area contributed by atoms with Gasteiger partial charge in [-0.05, 0) is 34.6 Å². The lowest BCUT2D eigenvalue weighted by Gasteiger charge is -2.11. The van der Waals surface area contributed by atoms with Gasteiger partial charge in [-0.1, -0.05) is 17.7 Å². The highest BCUT2D eigenvalue weighted by Gasteiger charge is 2.27. The van der Waals surface area contributed by atoms with Crippen molar-refractivity contribution in [2.24, 2.45) is 0 Å². The van der Waals surface area contributed by atoms with Gasteiger partial charge in [-0.2, -0.15) is 8.42 Å². The molecule has 0 aliphatic heterocycles. The molecule has 0 bridgehead atoms. The minimum Gasteiger partial charge on any atom is -0.495 e. The summed E-state index contributed by atoms with van der Waals surface area (Å²) in [6, 6.07) is 4.25. The van der Waals surface area contributed by atoms with Gasteiger partial charge in [0.25, 0.3) is 5.85 Å². The maximum absolute atomic E-state index is 11.9. The quantitative estimate of drug-likeness (QED) is 0.596. The second kappa shape index (κ2) is 5.99. The van der Waals surface area contributed by atoms with Gasteiger partial charge in [0, 0.05) is 0 Å². The van der Waals surface area contributed by atoms with Gasteiger partial charge in [0.2, 0.25) is 0 Å². The molecular formula is C8H8Cl3O5PS. The van der Waals surface area contributed by atoms with Crippen LogP contribution in [0.3, 0.4) is 0 Å². The molecule has 0 fully saturated rings. The Morgan fingerprint density at radius 1 is 1.33 bits per heavy atom. The van der Waals surface area contributed by atoms with Gasteiger partial charge in [0.05, 0.1) is 12.1 Å². The molecule has 0 saturated carbocycles. The molecule has 1 aromatic carbocycles. The molecule has 0 radical (unpaired) electrons. The molecular weight excluding hydrogens is 345 g/mol. The van der Waals surface area contributed by atoms with Crippen LogP contribution in [0.5, 0.6) is 5.75 Å². The smallest absolute Gasteiger partial charge is 0.302 e. The van der Waals surface area contributed by atoms with Gasteiger partial charge < -0.3 is 4.74 Å². The zero-order valence-electron chi connectivity index (χ0n) is 8.97. The van der Waals surface area contributed by atoms with Crippen LogP contribution in [0.25, 0.3) is 0 Å². The first-order valence-corrected chi connectivity index (χ1v) is 9.86. The summed E-state index contributed by atoms with van der Waals surface area (Å²) in [4.78, 5) is -0.365. The molecule has 1 rings (SSSR count). The minimum absolute atomic E-state index is 0.00137. The Morgan fingerprint density at radius 2 is 1.94 bits per heavy atom. The predicted molar refractivity (Wildman–Crippen MR) is 70.5 cm³/mol. The predicted octanol–water partition coefficient (Wildman–Crippen LogP) is 3.68. The third-order valence-electron chi connectivity index (χ3n) is 1.76. The van der Waals surface area contributed by atoms with Crippen LogP contribution in [0.15, 0.2) is 23.1 Å². The summed E-state index contributed by atoms with van der Waals surface area (Å²) < 4.78 is 44.1. The molecule has 18 heavy (non-hydrogen) atoms. The van der Waals surface area contributed by atoms with Crippen LogP contribution < -0.4 is 4.74 Å². The normalized spacial score (nSPS) is 12.4. The van der Waals surface area contributed by atoms with Crippen molar-refractivity contribution in [1.29, 1.82) is 0 Å². The maximum atomic E-state index is 11.9. The number of hydrogen-bond acceptors (Lipinski definition) is 5. The third kappa shape index (κ3) is 4.30. The van der Waals surface area contributed by atoms with E-state index in [1.54, 1.807) is 0 Å². The summed E-state index contributed by atoms with van der Waals surface area (Å²) in [7, 11) is -2.99. The molecule has 0 amide bonds. The molecule has 0 spiro atoms. The van der Waals surface area contributed by atoms with Gasteiger partial charge in [0.1, 0.15) is 12.1 Å². The maximum Gasteiger partial charge on any atom is 0.302 e. The van der Waals surface area contributed by atoms with Gasteiger partial charge in [-0.3, -0.25) is 8.75 Å². The Balaban J connectivity index is 3.17. The van der Waals surface area contributed by atoms with Crippen molar-refractivity contribution < 1.29 is 21.9 Å². The molecule has 0 unspecified atom stereocenters. The first-order chi connectivity index (χ1) is 8.17. The first kappa shape index (κ1) is 16.1. The second-order valence-corrected chi connectivity index (χ2v) is 10.2. The highest BCUT2D eigenvalue weighted by molar-refractivity contribution is 8.08. The van der Waals surface area contributed by atoms with Gasteiger partial charge in [-0.25, -0.2) is 0 Å². The zero-order chi connectivity index (χ0) is 14.0. The first-order valence-electron chi connectivity index (χ1n) is 4.38. The van der Waals surface area contributed by atoms with Crippen LogP contribution in [0.1, 0.15) is 0 Å². The summed E-state index contributed by atoms with van der Waals surface area (Å²) in [6.45, 7) is 0. The number of ether oxygens (including phenoxy) is 1. The minimum atomic E-state index is -4.26. The molecule has 0 aliphatic rings. The van der Waals surface area contributed by atoms with Crippen LogP contribution >= 0.6 is 39.9 Å². The zero-order valence-corrected chi connectivity index (χ0v) is 12.9. The van der Waals surface area contributed by atoms with Crippen molar-refractivity contribution in [2.75, 3.05) is 13.5 Å². The lowest BCUT2D eigenvalue weighted by atomic mass is 10.3. The standard InChI is InChI=1S/C8H8Cl3O5PS/c1-15-7-4-2-3-6(9)8(7)18(13,14)16-5-17(10,11)12/h2-4H,5H2,1H3. The van der Waals surface area contributed by atoms with E-state index in [0.717, 1.165) is 0 Å². The Hall–Kier alpha value is 0.0300. The van der Waals surface area contributed by atoms with E-state index < -0.39 is 22.3 Å². The topological polar surface area (TPSA) is 69.7 Å². The van der Waals surface area contributed by atoms with E-state index in [1.165, 1.54) is 25.3 Å². The Kier molecular flexibility index (Phi) is 5.35. The molecule has 0 N–H and O–H groups in total. The van der Waals surface area contributed by atoms with E-state index >= 15 is 0 Å². The monoisotopic (exact) mass is 352 g/mol. The fourth-order valence-electron chi connectivity index (χ4n) is 1.08. The summed E-state index contributed by atoms with van der Waals surface area (Å²) >= 11 is 16.2. The van der Waals surface area contributed by atoms with Crippen LogP contribution in [0.4, 0.5) is 0 Å². The highest BCUT2D eigenvalue weighted by atomic mass is 35.9. The van der Waals surface area contributed by atoms with E-state index in [0.29, 0.717) is 0 Å². The van der Waals surface area contributed by atoms with Crippen molar-refractivity contribution >= 4 is 50.0 Å². The fourth-order valence-corrected chi connectivity index (χ4v) is 4.12. The van der Waals surface area contributed by atoms with Crippen molar-refractivity contribution in [3.05, 3.63) is 23.2 Å². The van der Waals surface area contributed by atoms with E-state index in [1.807, 2.05) is 0 Å². The van der Waals surface area contributed by atoms with Crippen molar-refractivity contribution in [1.82, 2.24) is 0 Å². The number of halogens is 3. The fraction of sp³-hybridized carbons (Fsp3) is 0.250. The summed E-state index contributed by atoms with van der Waals surface area (Å²) in [5, 5.41) is -0.0895. The lowest BCUT2D eigenvalue weighted by Crippen LogP contribution is -2.08. The highest BCUT2D eigenvalue weighted by Crippen LogP contribution is 2.56. The van der Waals surface area contributed by atoms with Gasteiger partial charge >= 0.3 is 10.1 Å². The van der Waals surface area contributed by atoms with E-state index in [4.69, 9.17) is 38.8 Å². The lowest BCUT2D eigenvalue weighted by molar-refractivity contribution is 0.362. The Morgan fingerprint density at radius 3 is 2.44 bits per heavy atom. The summed E-state index contributed by atoms with van der Waals surface area (Å²) in [5.41, 5.74) is 0. The third-order valence-corrected chi connectivity index (χ3v) is 4.73. The van der Waals surface area contributed by atoms with E-state index in [9.17, 15) is 13.0 Å². The van der Waals surface area contributed by atoms with Crippen LogP contribution in [-0.2, 0) is 18.9 Å². The van der Waals surface area contributed by atoms with E-state index in [2.05, 4.69) is 4.18 Å². The van der Waals surface area contributed by atoms with Gasteiger partial charge in [0.15, 0.2) is 4.90 Å². The molecule has 10 heteroatoms. The number of hydrogen-bond donors (Lipinski definition) is 0. The average molecular weight is 354 g/mol. The number of benzene rings is 1. The SMILES string of the molecule is COc1cccc(Cl)c1S(=O)(=O)OCP(=O)(Cl)Cl. The Labute approximate surface area is 119 Å². The summed E-state index contributed by atoms with van der Waals surface area (Å²) in [5.74, 6) is -3.66. The molecule has 0 aromatic heterocycles. The van der Waals surface area contributed by atoms with Crippen molar-refractivity contribution in [2.45, 2.75) is 4.90 Å². The van der Waals surface area contributed by atoms with Crippen LogP contribution in [0.2, 0.25) is 5.02 Å². The molecule has 5 nitrogen and oxygen atoms in total. The number of methoxy groups -OCH3 is 1. The molecule has 0 saturated heterocycles. The van der Waals surface area contributed by atoms with Gasteiger partial charge in [-0.15, -0.1) is 0 Å². The second-order valence-electron chi connectivity index (χ2n) is 3.04.